The lowest BCUT2D eigenvalue weighted by Crippen LogP contribution is -2.04. The van der Waals surface area contributed by atoms with Gasteiger partial charge in [0.2, 0.25) is 11.7 Å². The molecule has 0 amide bonds. The fourth-order valence-electron chi connectivity index (χ4n) is 2.05. The second-order valence-corrected chi connectivity index (χ2v) is 5.03. The summed E-state index contributed by atoms with van der Waals surface area (Å²) in [6.45, 7) is 8.67. The normalized spacial score (nSPS) is 12.4. The molecular weight excluding hydrogens is 254 g/mol. The van der Waals surface area contributed by atoms with Crippen LogP contribution < -0.4 is 10.5 Å². The Morgan fingerprint density at radius 1 is 1.30 bits per heavy atom. The van der Waals surface area contributed by atoms with Crippen LogP contribution in [0.25, 0.3) is 11.4 Å². The largest absolute Gasteiger partial charge is 0.493 e. The summed E-state index contributed by atoms with van der Waals surface area (Å²) in [6, 6.07) is 3.76. The van der Waals surface area contributed by atoms with Crippen molar-refractivity contribution in [3.63, 3.8) is 0 Å². The summed E-state index contributed by atoms with van der Waals surface area (Å²) >= 11 is 0. The van der Waals surface area contributed by atoms with Gasteiger partial charge in [0.15, 0.2) is 0 Å². The lowest BCUT2D eigenvalue weighted by Gasteiger charge is -2.12. The number of rotatable bonds is 5. The van der Waals surface area contributed by atoms with Gasteiger partial charge in [-0.05, 0) is 50.5 Å². The predicted molar refractivity (Wildman–Crippen MR) is 77.6 cm³/mol. The lowest BCUT2D eigenvalue weighted by molar-refractivity contribution is 0.313. The van der Waals surface area contributed by atoms with Crippen molar-refractivity contribution >= 4 is 0 Å². The van der Waals surface area contributed by atoms with Crippen LogP contribution in [0.1, 0.15) is 43.3 Å². The van der Waals surface area contributed by atoms with Gasteiger partial charge in [-0.25, -0.2) is 0 Å². The van der Waals surface area contributed by atoms with E-state index in [1.807, 2.05) is 32.9 Å². The smallest absolute Gasteiger partial charge is 0.243 e. The van der Waals surface area contributed by atoms with Crippen molar-refractivity contribution in [3.8, 4) is 17.1 Å². The zero-order chi connectivity index (χ0) is 14.7. The van der Waals surface area contributed by atoms with Crippen LogP contribution in [0.15, 0.2) is 16.7 Å². The maximum absolute atomic E-state index is 5.77. The van der Waals surface area contributed by atoms with Crippen LogP contribution in [0.2, 0.25) is 0 Å². The summed E-state index contributed by atoms with van der Waals surface area (Å²) in [4.78, 5) is 4.31. The molecule has 0 aliphatic rings. The van der Waals surface area contributed by atoms with Gasteiger partial charge in [0.05, 0.1) is 12.6 Å². The summed E-state index contributed by atoms with van der Waals surface area (Å²) in [5.74, 6) is 1.94. The van der Waals surface area contributed by atoms with Crippen LogP contribution in [0.3, 0.4) is 0 Å². The molecule has 108 valence electrons. The maximum atomic E-state index is 5.77. The first-order valence-electron chi connectivity index (χ1n) is 6.86. The minimum atomic E-state index is -0.259. The van der Waals surface area contributed by atoms with Crippen LogP contribution in [-0.2, 0) is 0 Å². The van der Waals surface area contributed by atoms with Gasteiger partial charge in [0, 0.05) is 5.56 Å². The summed E-state index contributed by atoms with van der Waals surface area (Å²) in [6.07, 6.45) is 0.989. The zero-order valence-electron chi connectivity index (χ0n) is 12.4. The number of nitrogens with zero attached hydrogens (tertiary/aromatic N) is 2. The Hall–Kier alpha value is -1.88. The van der Waals surface area contributed by atoms with Crippen LogP contribution in [0.5, 0.6) is 5.75 Å². The van der Waals surface area contributed by atoms with E-state index in [4.69, 9.17) is 15.0 Å². The van der Waals surface area contributed by atoms with Crippen molar-refractivity contribution in [1.29, 1.82) is 0 Å². The van der Waals surface area contributed by atoms with E-state index < -0.39 is 0 Å². The second-order valence-electron chi connectivity index (χ2n) is 5.03. The predicted octanol–water partition coefficient (Wildman–Crippen LogP) is 3.16. The van der Waals surface area contributed by atoms with Gasteiger partial charge in [0.1, 0.15) is 5.75 Å². The molecule has 0 aliphatic carbocycles. The van der Waals surface area contributed by atoms with E-state index in [0.29, 0.717) is 11.7 Å². The highest BCUT2D eigenvalue weighted by molar-refractivity contribution is 5.61. The molecule has 20 heavy (non-hydrogen) atoms. The van der Waals surface area contributed by atoms with E-state index in [1.165, 1.54) is 0 Å². The molecule has 0 fully saturated rings. The fourth-order valence-corrected chi connectivity index (χ4v) is 2.05. The molecule has 0 saturated heterocycles. The first-order valence-corrected chi connectivity index (χ1v) is 6.86. The summed E-state index contributed by atoms with van der Waals surface area (Å²) in [5, 5.41) is 3.97. The van der Waals surface area contributed by atoms with Crippen LogP contribution >= 0.6 is 0 Å². The number of hydrogen-bond acceptors (Lipinski definition) is 5. The number of nitrogens with two attached hydrogens (primary N) is 1. The van der Waals surface area contributed by atoms with E-state index >= 15 is 0 Å². The average molecular weight is 275 g/mol. The highest BCUT2D eigenvalue weighted by Crippen LogP contribution is 2.29. The molecule has 1 aromatic carbocycles. The van der Waals surface area contributed by atoms with Crippen molar-refractivity contribution in [2.75, 3.05) is 6.61 Å². The van der Waals surface area contributed by atoms with Crippen molar-refractivity contribution in [3.05, 3.63) is 29.2 Å². The number of benzene rings is 1. The number of aromatic nitrogens is 2. The van der Waals surface area contributed by atoms with Crippen molar-refractivity contribution < 1.29 is 9.26 Å². The Labute approximate surface area is 119 Å². The molecule has 2 N–H and O–H groups in total. The second kappa shape index (κ2) is 6.05. The van der Waals surface area contributed by atoms with Gasteiger partial charge in [0.25, 0.3) is 0 Å². The highest BCUT2D eigenvalue weighted by Gasteiger charge is 2.14. The Bertz CT molecular complexity index is 568. The van der Waals surface area contributed by atoms with Gasteiger partial charge in [-0.1, -0.05) is 12.1 Å². The molecule has 1 aromatic heterocycles. The summed E-state index contributed by atoms with van der Waals surface area (Å²) < 4.78 is 10.9. The number of hydrogen-bond donors (Lipinski definition) is 1. The van der Waals surface area contributed by atoms with Gasteiger partial charge in [-0.2, -0.15) is 4.98 Å². The Morgan fingerprint density at radius 2 is 1.95 bits per heavy atom. The molecule has 0 aliphatic heterocycles. The number of ether oxygens (including phenoxy) is 1. The quantitative estimate of drug-likeness (QED) is 0.907. The van der Waals surface area contributed by atoms with Crippen molar-refractivity contribution in [2.45, 2.75) is 40.2 Å². The Balaban J connectivity index is 2.33. The number of aryl methyl sites for hydroxylation is 2. The molecule has 2 aromatic rings. The monoisotopic (exact) mass is 275 g/mol. The molecule has 5 heteroatoms. The molecule has 2 rings (SSSR count). The minimum Gasteiger partial charge on any atom is -0.493 e. The topological polar surface area (TPSA) is 74.2 Å². The highest BCUT2D eigenvalue weighted by atomic mass is 16.5. The molecule has 0 saturated carbocycles. The average Bonchev–Trinajstić information content (AvgIpc) is 2.87. The molecule has 0 bridgehead atoms. The van der Waals surface area contributed by atoms with Crippen LogP contribution in [-0.4, -0.2) is 16.7 Å². The van der Waals surface area contributed by atoms with Crippen molar-refractivity contribution in [2.24, 2.45) is 5.73 Å². The molecule has 0 spiro atoms. The van der Waals surface area contributed by atoms with Gasteiger partial charge in [-0.3, -0.25) is 0 Å². The van der Waals surface area contributed by atoms with Crippen LogP contribution in [0.4, 0.5) is 0 Å². The van der Waals surface area contributed by atoms with E-state index in [0.717, 1.165) is 35.5 Å². The molecule has 1 unspecified atom stereocenters. The van der Waals surface area contributed by atoms with Gasteiger partial charge < -0.3 is 15.0 Å². The molecule has 0 radical (unpaired) electrons. The van der Waals surface area contributed by atoms with E-state index in [2.05, 4.69) is 17.1 Å². The van der Waals surface area contributed by atoms with Gasteiger partial charge in [-0.15, -0.1) is 0 Å². The summed E-state index contributed by atoms with van der Waals surface area (Å²) in [5.41, 5.74) is 8.78. The first-order chi connectivity index (χ1) is 9.52. The molecular formula is C15H21N3O2. The van der Waals surface area contributed by atoms with E-state index in [-0.39, 0.29) is 6.04 Å². The SMILES string of the molecule is CCCOc1c(C)cc(-c2noc(C(C)N)n2)cc1C. The molecule has 1 atom stereocenters. The third-order valence-electron chi connectivity index (χ3n) is 3.00. The van der Waals surface area contributed by atoms with Gasteiger partial charge >= 0.3 is 0 Å². The zero-order valence-corrected chi connectivity index (χ0v) is 12.4. The third-order valence-corrected chi connectivity index (χ3v) is 3.00. The third kappa shape index (κ3) is 2.99. The first kappa shape index (κ1) is 14.5. The summed E-state index contributed by atoms with van der Waals surface area (Å²) in [7, 11) is 0. The van der Waals surface area contributed by atoms with Crippen LogP contribution in [0, 0.1) is 13.8 Å². The molecule has 1 heterocycles. The molecule has 5 nitrogen and oxygen atoms in total. The van der Waals surface area contributed by atoms with E-state index in [9.17, 15) is 0 Å². The lowest BCUT2D eigenvalue weighted by atomic mass is 10.1. The standard InChI is InChI=1S/C15H21N3O2/c1-5-6-19-13-9(2)7-12(8-10(13)3)14-17-15(11(4)16)20-18-14/h7-8,11H,5-6,16H2,1-4H3. The van der Waals surface area contributed by atoms with Crippen molar-refractivity contribution in [1.82, 2.24) is 10.1 Å². The van der Waals surface area contributed by atoms with E-state index in [1.54, 1.807) is 0 Å². The maximum Gasteiger partial charge on any atom is 0.243 e. The Kier molecular flexibility index (Phi) is 4.39. The minimum absolute atomic E-state index is 0.259. The fraction of sp³-hybridized carbons (Fsp3) is 0.467. The Morgan fingerprint density at radius 3 is 2.45 bits per heavy atom.